The molecule has 0 atom stereocenters. The second kappa shape index (κ2) is 11.1. The van der Waals surface area contributed by atoms with Crippen molar-refractivity contribution in [2.75, 3.05) is 25.0 Å². The van der Waals surface area contributed by atoms with E-state index in [2.05, 4.69) is 5.32 Å². The van der Waals surface area contributed by atoms with Crippen molar-refractivity contribution in [1.82, 2.24) is 4.90 Å². The molecule has 0 bridgehead atoms. The molecule has 2 rings (SSSR count). The third-order valence-corrected chi connectivity index (χ3v) is 3.40. The third kappa shape index (κ3) is 7.13. The Morgan fingerprint density at radius 2 is 1.69 bits per heavy atom. The van der Waals surface area contributed by atoms with Crippen LogP contribution >= 0.6 is 12.4 Å². The summed E-state index contributed by atoms with van der Waals surface area (Å²) in [5.41, 5.74) is 0.545. The number of aliphatic carboxylic acids is 1. The maximum Gasteiger partial charge on any atom is 0.317 e. The SMILES string of the molecule is CCCN(CC(=O)O)CC(=O)Nc1ccccc1Oc1ccccc1.Cl. The molecule has 0 spiro atoms. The van der Waals surface area contributed by atoms with Crippen LogP contribution in [0, 0.1) is 0 Å². The number of carboxylic acid groups (broad SMARTS) is 1. The number of para-hydroxylation sites is 3. The molecule has 0 saturated heterocycles. The van der Waals surface area contributed by atoms with E-state index in [0.29, 0.717) is 23.7 Å². The molecule has 2 aromatic carbocycles. The van der Waals surface area contributed by atoms with Crippen LogP contribution in [-0.2, 0) is 9.59 Å². The number of hydrogen-bond acceptors (Lipinski definition) is 4. The quantitative estimate of drug-likeness (QED) is 0.696. The van der Waals surface area contributed by atoms with Gasteiger partial charge in [0.2, 0.25) is 5.91 Å². The Morgan fingerprint density at radius 3 is 2.35 bits per heavy atom. The summed E-state index contributed by atoms with van der Waals surface area (Å²) in [6, 6.07) is 16.4. The lowest BCUT2D eigenvalue weighted by Gasteiger charge is -2.19. The van der Waals surface area contributed by atoms with E-state index in [4.69, 9.17) is 9.84 Å². The van der Waals surface area contributed by atoms with Crippen molar-refractivity contribution in [1.29, 1.82) is 0 Å². The van der Waals surface area contributed by atoms with E-state index in [0.717, 1.165) is 6.42 Å². The standard InChI is InChI=1S/C19H22N2O4.ClH/c1-2-12-21(14-19(23)24)13-18(22)20-16-10-6-7-11-17(16)25-15-8-4-3-5-9-15;/h3-11H,2,12-14H2,1H3,(H,20,22)(H,23,24);1H. The molecule has 6 nitrogen and oxygen atoms in total. The lowest BCUT2D eigenvalue weighted by atomic mass is 10.2. The molecule has 0 aliphatic heterocycles. The van der Waals surface area contributed by atoms with Gasteiger partial charge >= 0.3 is 5.97 Å². The Labute approximate surface area is 159 Å². The largest absolute Gasteiger partial charge is 0.480 e. The van der Waals surface area contributed by atoms with Crippen molar-refractivity contribution in [2.45, 2.75) is 13.3 Å². The molecule has 2 N–H and O–H groups in total. The monoisotopic (exact) mass is 378 g/mol. The number of benzene rings is 2. The van der Waals surface area contributed by atoms with Crippen molar-refractivity contribution < 1.29 is 19.4 Å². The number of hydrogen-bond donors (Lipinski definition) is 2. The van der Waals surface area contributed by atoms with Gasteiger partial charge in [0.1, 0.15) is 5.75 Å². The highest BCUT2D eigenvalue weighted by molar-refractivity contribution is 5.94. The summed E-state index contributed by atoms with van der Waals surface area (Å²) in [6.45, 7) is 2.33. The highest BCUT2D eigenvalue weighted by Gasteiger charge is 2.15. The zero-order valence-electron chi connectivity index (χ0n) is 14.6. The van der Waals surface area contributed by atoms with Gasteiger partial charge in [0, 0.05) is 0 Å². The normalized spacial score (nSPS) is 10.1. The van der Waals surface area contributed by atoms with Gasteiger partial charge in [-0.05, 0) is 37.2 Å². The summed E-state index contributed by atoms with van der Waals surface area (Å²) in [6.07, 6.45) is 0.772. The van der Waals surface area contributed by atoms with Crippen LogP contribution in [0.5, 0.6) is 11.5 Å². The summed E-state index contributed by atoms with van der Waals surface area (Å²) in [5, 5.41) is 11.7. The van der Waals surface area contributed by atoms with Crippen LogP contribution in [0.25, 0.3) is 0 Å². The number of carbonyl (C=O) groups is 2. The van der Waals surface area contributed by atoms with Crippen LogP contribution < -0.4 is 10.1 Å². The summed E-state index contributed by atoms with van der Waals surface area (Å²) < 4.78 is 5.80. The molecule has 26 heavy (non-hydrogen) atoms. The zero-order chi connectivity index (χ0) is 18.1. The van der Waals surface area contributed by atoms with Crippen LogP contribution in [0.2, 0.25) is 0 Å². The van der Waals surface area contributed by atoms with Crippen LogP contribution in [0.15, 0.2) is 54.6 Å². The molecule has 0 aliphatic carbocycles. The molecule has 7 heteroatoms. The zero-order valence-corrected chi connectivity index (χ0v) is 15.4. The summed E-state index contributed by atoms with van der Waals surface area (Å²) in [5.74, 6) is -0.0297. The van der Waals surface area contributed by atoms with Gasteiger partial charge in [0.15, 0.2) is 5.75 Å². The van der Waals surface area contributed by atoms with E-state index in [-0.39, 0.29) is 31.4 Å². The van der Waals surface area contributed by atoms with Crippen molar-refractivity contribution in [3.05, 3.63) is 54.6 Å². The van der Waals surface area contributed by atoms with E-state index in [1.165, 1.54) is 0 Å². The highest BCUT2D eigenvalue weighted by Crippen LogP contribution is 2.28. The third-order valence-electron chi connectivity index (χ3n) is 3.40. The molecule has 0 fully saturated rings. The minimum atomic E-state index is -0.950. The number of carbonyl (C=O) groups excluding carboxylic acids is 1. The smallest absolute Gasteiger partial charge is 0.317 e. The number of carboxylic acids is 1. The molecule has 0 unspecified atom stereocenters. The van der Waals surface area contributed by atoms with Gasteiger partial charge in [-0.25, -0.2) is 0 Å². The number of amides is 1. The average Bonchev–Trinajstić information content (AvgIpc) is 2.57. The Morgan fingerprint density at radius 1 is 1.04 bits per heavy atom. The molecular formula is C19H23ClN2O4. The summed E-state index contributed by atoms with van der Waals surface area (Å²) >= 11 is 0. The van der Waals surface area contributed by atoms with Crippen molar-refractivity contribution in [2.24, 2.45) is 0 Å². The van der Waals surface area contributed by atoms with E-state index in [9.17, 15) is 9.59 Å². The van der Waals surface area contributed by atoms with Gasteiger partial charge in [0.25, 0.3) is 0 Å². The fourth-order valence-corrected chi connectivity index (χ4v) is 2.39. The predicted molar refractivity (Wildman–Crippen MR) is 103 cm³/mol. The summed E-state index contributed by atoms with van der Waals surface area (Å²) in [4.78, 5) is 24.8. The predicted octanol–water partition coefficient (Wildman–Crippen LogP) is 3.64. The Bertz CT molecular complexity index is 710. The lowest BCUT2D eigenvalue weighted by Crippen LogP contribution is -2.37. The molecule has 0 heterocycles. The van der Waals surface area contributed by atoms with Crippen LogP contribution in [0.4, 0.5) is 5.69 Å². The van der Waals surface area contributed by atoms with Crippen LogP contribution in [0.3, 0.4) is 0 Å². The number of nitrogens with zero attached hydrogens (tertiary/aromatic N) is 1. The van der Waals surface area contributed by atoms with E-state index >= 15 is 0 Å². The van der Waals surface area contributed by atoms with Gasteiger partial charge in [-0.2, -0.15) is 0 Å². The molecule has 0 aliphatic rings. The van der Waals surface area contributed by atoms with Gasteiger partial charge in [0.05, 0.1) is 18.8 Å². The molecule has 0 radical (unpaired) electrons. The van der Waals surface area contributed by atoms with Gasteiger partial charge in [-0.1, -0.05) is 37.3 Å². The highest BCUT2D eigenvalue weighted by atomic mass is 35.5. The van der Waals surface area contributed by atoms with E-state index in [1.807, 2.05) is 43.3 Å². The molecular weight excluding hydrogens is 356 g/mol. The first-order valence-electron chi connectivity index (χ1n) is 8.14. The molecule has 1 amide bonds. The molecule has 140 valence electrons. The minimum absolute atomic E-state index is 0. The first kappa shape index (κ1) is 21.5. The number of rotatable bonds is 9. The molecule has 0 saturated carbocycles. The minimum Gasteiger partial charge on any atom is -0.480 e. The van der Waals surface area contributed by atoms with E-state index in [1.54, 1.807) is 23.1 Å². The van der Waals surface area contributed by atoms with Crippen LogP contribution in [0.1, 0.15) is 13.3 Å². The Balaban J connectivity index is 0.00000338. The number of anilines is 1. The molecule has 0 aromatic heterocycles. The first-order valence-corrected chi connectivity index (χ1v) is 8.14. The van der Waals surface area contributed by atoms with Crippen molar-refractivity contribution >= 4 is 30.0 Å². The van der Waals surface area contributed by atoms with Crippen LogP contribution in [-0.4, -0.2) is 41.5 Å². The van der Waals surface area contributed by atoms with Gasteiger partial charge in [-0.15, -0.1) is 12.4 Å². The maximum atomic E-state index is 12.3. The average molecular weight is 379 g/mol. The summed E-state index contributed by atoms with van der Waals surface area (Å²) in [7, 11) is 0. The second-order valence-corrected chi connectivity index (χ2v) is 5.56. The Kier molecular flexibility index (Phi) is 9.19. The van der Waals surface area contributed by atoms with Gasteiger partial charge < -0.3 is 15.2 Å². The number of nitrogens with one attached hydrogen (secondary N) is 1. The fourth-order valence-electron chi connectivity index (χ4n) is 2.39. The van der Waals surface area contributed by atoms with Gasteiger partial charge in [-0.3, -0.25) is 14.5 Å². The maximum absolute atomic E-state index is 12.3. The topological polar surface area (TPSA) is 78.9 Å². The Hall–Kier alpha value is -2.57. The fraction of sp³-hybridized carbons (Fsp3) is 0.263. The number of halogens is 1. The lowest BCUT2D eigenvalue weighted by molar-refractivity contribution is -0.138. The first-order chi connectivity index (χ1) is 12.1. The number of ether oxygens (including phenoxy) is 1. The van der Waals surface area contributed by atoms with E-state index < -0.39 is 5.97 Å². The molecule has 2 aromatic rings. The second-order valence-electron chi connectivity index (χ2n) is 5.56. The van der Waals surface area contributed by atoms with Crippen molar-refractivity contribution in [3.8, 4) is 11.5 Å². The van der Waals surface area contributed by atoms with Crippen molar-refractivity contribution in [3.63, 3.8) is 0 Å².